The van der Waals surface area contributed by atoms with Gasteiger partial charge in [-0.3, -0.25) is 10.2 Å². The van der Waals surface area contributed by atoms with E-state index in [4.69, 9.17) is 25.8 Å². The van der Waals surface area contributed by atoms with Gasteiger partial charge in [-0.15, -0.1) is 0 Å². The summed E-state index contributed by atoms with van der Waals surface area (Å²) in [6.45, 7) is 2.29. The van der Waals surface area contributed by atoms with Gasteiger partial charge < -0.3 is 14.2 Å². The SMILES string of the molecule is COc1cc2c(cc1OC)[C@H]1[C@@H](COC(=O)Nc3ccc(Cl)cc3)CN1CC2. The van der Waals surface area contributed by atoms with Crippen molar-refractivity contribution < 1.29 is 19.0 Å². The standard InChI is InChI=1S/C21H23ClN2O4/c1-26-18-9-13-7-8-24-11-14(20(24)17(13)10-19(18)27-2)12-28-21(25)23-16-5-3-15(22)4-6-16/h3-6,9-10,14,20H,7-8,11-12H2,1-2H3,(H,23,25)/t14-,20-/m1/s1. The van der Waals surface area contributed by atoms with Crippen LogP contribution in [0.3, 0.4) is 0 Å². The van der Waals surface area contributed by atoms with Gasteiger partial charge in [0.15, 0.2) is 11.5 Å². The van der Waals surface area contributed by atoms with Crippen LogP contribution in [0.2, 0.25) is 5.02 Å². The van der Waals surface area contributed by atoms with Gasteiger partial charge in [-0.05, 0) is 53.9 Å². The minimum Gasteiger partial charge on any atom is -0.493 e. The molecular weight excluding hydrogens is 380 g/mol. The quantitative estimate of drug-likeness (QED) is 0.814. The molecule has 148 valence electrons. The molecule has 2 aromatic carbocycles. The monoisotopic (exact) mass is 402 g/mol. The summed E-state index contributed by atoms with van der Waals surface area (Å²) < 4.78 is 16.4. The molecule has 4 rings (SSSR count). The van der Waals surface area contributed by atoms with E-state index >= 15 is 0 Å². The normalized spacial score (nSPS) is 20.4. The fraction of sp³-hybridized carbons (Fsp3) is 0.381. The Balaban J connectivity index is 1.41. The van der Waals surface area contributed by atoms with Crippen LogP contribution in [-0.4, -0.2) is 44.9 Å². The molecule has 1 N–H and O–H groups in total. The average Bonchev–Trinajstić information content (AvgIpc) is 2.68. The lowest BCUT2D eigenvalue weighted by Gasteiger charge is -2.51. The second kappa shape index (κ2) is 7.89. The maximum Gasteiger partial charge on any atom is 0.411 e. The molecule has 1 fully saturated rings. The first kappa shape index (κ1) is 18.9. The molecule has 0 aromatic heterocycles. The van der Waals surface area contributed by atoms with Crippen molar-refractivity contribution in [1.82, 2.24) is 4.90 Å². The summed E-state index contributed by atoms with van der Waals surface area (Å²) in [5.41, 5.74) is 3.17. The molecule has 2 aromatic rings. The highest BCUT2D eigenvalue weighted by Gasteiger charge is 2.44. The fourth-order valence-corrected chi connectivity index (χ4v) is 4.19. The molecule has 0 spiro atoms. The zero-order valence-electron chi connectivity index (χ0n) is 15.9. The molecule has 6 nitrogen and oxygen atoms in total. The van der Waals surface area contributed by atoms with Crippen molar-refractivity contribution in [2.75, 3.05) is 39.2 Å². The van der Waals surface area contributed by atoms with E-state index in [0.717, 1.165) is 31.0 Å². The van der Waals surface area contributed by atoms with Gasteiger partial charge in [0, 0.05) is 35.8 Å². The van der Waals surface area contributed by atoms with Gasteiger partial charge >= 0.3 is 6.09 Å². The van der Waals surface area contributed by atoms with Crippen molar-refractivity contribution in [2.45, 2.75) is 12.5 Å². The summed E-state index contributed by atoms with van der Waals surface area (Å²) in [5, 5.41) is 3.35. The van der Waals surface area contributed by atoms with Crippen LogP contribution >= 0.6 is 11.6 Å². The molecule has 0 unspecified atom stereocenters. The Bertz CT molecular complexity index is 871. The minimum atomic E-state index is -0.455. The molecule has 0 radical (unpaired) electrons. The van der Waals surface area contributed by atoms with Gasteiger partial charge in [-0.2, -0.15) is 0 Å². The Kier molecular flexibility index (Phi) is 5.33. The molecule has 2 aliphatic rings. The predicted octanol–water partition coefficient (Wildman–Crippen LogP) is 4.13. The van der Waals surface area contributed by atoms with Gasteiger partial charge in [-0.1, -0.05) is 11.6 Å². The zero-order valence-corrected chi connectivity index (χ0v) is 16.7. The molecule has 1 saturated heterocycles. The minimum absolute atomic E-state index is 0.242. The number of carbonyl (C=O) groups excluding carboxylic acids is 1. The molecule has 1 amide bonds. The number of hydrogen-bond donors (Lipinski definition) is 1. The number of nitrogens with zero attached hydrogens (tertiary/aromatic N) is 1. The molecule has 0 bridgehead atoms. The highest BCUT2D eigenvalue weighted by molar-refractivity contribution is 6.30. The van der Waals surface area contributed by atoms with Gasteiger partial charge in [0.1, 0.15) is 0 Å². The van der Waals surface area contributed by atoms with Crippen molar-refractivity contribution in [3.8, 4) is 11.5 Å². The van der Waals surface area contributed by atoms with Crippen LogP contribution in [-0.2, 0) is 11.2 Å². The lowest BCUT2D eigenvalue weighted by molar-refractivity contribution is -0.0275. The molecule has 0 aliphatic carbocycles. The molecule has 0 saturated carbocycles. The third kappa shape index (κ3) is 3.62. The van der Waals surface area contributed by atoms with Crippen LogP contribution < -0.4 is 14.8 Å². The van der Waals surface area contributed by atoms with E-state index in [9.17, 15) is 4.79 Å². The van der Waals surface area contributed by atoms with Crippen LogP contribution in [0.4, 0.5) is 10.5 Å². The number of benzene rings is 2. The Morgan fingerprint density at radius 2 is 1.89 bits per heavy atom. The Hall–Kier alpha value is -2.44. The maximum atomic E-state index is 12.1. The highest BCUT2D eigenvalue weighted by atomic mass is 35.5. The molecule has 2 atom stereocenters. The molecule has 2 heterocycles. The van der Waals surface area contributed by atoms with Crippen molar-refractivity contribution in [3.63, 3.8) is 0 Å². The third-order valence-corrected chi connectivity index (χ3v) is 5.71. The molecular formula is C21H23ClN2O4. The number of nitrogens with one attached hydrogen (secondary N) is 1. The number of anilines is 1. The number of ether oxygens (including phenoxy) is 3. The molecule has 28 heavy (non-hydrogen) atoms. The van der Waals surface area contributed by atoms with Gasteiger partial charge in [0.05, 0.1) is 20.8 Å². The predicted molar refractivity (Wildman–Crippen MR) is 107 cm³/mol. The Morgan fingerprint density at radius 3 is 2.61 bits per heavy atom. The van der Waals surface area contributed by atoms with Gasteiger partial charge in [0.25, 0.3) is 0 Å². The third-order valence-electron chi connectivity index (χ3n) is 5.46. The van der Waals surface area contributed by atoms with Crippen LogP contribution in [0.15, 0.2) is 36.4 Å². The first-order chi connectivity index (χ1) is 13.6. The van der Waals surface area contributed by atoms with E-state index in [0.29, 0.717) is 17.3 Å². The van der Waals surface area contributed by atoms with E-state index in [1.54, 1.807) is 38.5 Å². The van der Waals surface area contributed by atoms with Crippen molar-refractivity contribution in [2.24, 2.45) is 5.92 Å². The van der Waals surface area contributed by atoms with E-state index in [2.05, 4.69) is 22.3 Å². The second-order valence-electron chi connectivity index (χ2n) is 7.09. The highest BCUT2D eigenvalue weighted by Crippen LogP contribution is 2.46. The van der Waals surface area contributed by atoms with E-state index < -0.39 is 6.09 Å². The summed E-state index contributed by atoms with van der Waals surface area (Å²) in [4.78, 5) is 14.5. The number of fused-ring (bicyclic) bond motifs is 3. The van der Waals surface area contributed by atoms with Crippen molar-refractivity contribution >= 4 is 23.4 Å². The average molecular weight is 403 g/mol. The van der Waals surface area contributed by atoms with Crippen molar-refractivity contribution in [3.05, 3.63) is 52.5 Å². The van der Waals surface area contributed by atoms with Crippen LogP contribution in [0.1, 0.15) is 17.2 Å². The number of hydrogen-bond acceptors (Lipinski definition) is 5. The number of rotatable bonds is 5. The first-order valence-corrected chi connectivity index (χ1v) is 9.65. The second-order valence-corrected chi connectivity index (χ2v) is 7.52. The van der Waals surface area contributed by atoms with Crippen LogP contribution in [0, 0.1) is 5.92 Å². The largest absolute Gasteiger partial charge is 0.493 e. The van der Waals surface area contributed by atoms with Crippen LogP contribution in [0.5, 0.6) is 11.5 Å². The zero-order chi connectivity index (χ0) is 19.7. The number of carbonyl (C=O) groups is 1. The van der Waals surface area contributed by atoms with Gasteiger partial charge in [-0.25, -0.2) is 4.79 Å². The first-order valence-electron chi connectivity index (χ1n) is 9.27. The molecule has 7 heteroatoms. The summed E-state index contributed by atoms with van der Waals surface area (Å²) in [5.74, 6) is 1.74. The number of halogens is 1. The lowest BCUT2D eigenvalue weighted by atomic mass is 9.78. The Labute approximate surface area is 169 Å². The summed E-state index contributed by atoms with van der Waals surface area (Å²) in [6, 6.07) is 11.3. The summed E-state index contributed by atoms with van der Waals surface area (Å²) in [6.07, 6.45) is 0.528. The number of amides is 1. The maximum absolute atomic E-state index is 12.1. The van der Waals surface area contributed by atoms with Crippen LogP contribution in [0.25, 0.3) is 0 Å². The molecule has 2 aliphatic heterocycles. The smallest absolute Gasteiger partial charge is 0.411 e. The van der Waals surface area contributed by atoms with Crippen molar-refractivity contribution in [1.29, 1.82) is 0 Å². The van der Waals surface area contributed by atoms with Gasteiger partial charge in [0.2, 0.25) is 0 Å². The van der Waals surface area contributed by atoms with E-state index in [-0.39, 0.29) is 12.0 Å². The topological polar surface area (TPSA) is 60.0 Å². The summed E-state index contributed by atoms with van der Waals surface area (Å²) >= 11 is 5.86. The fourth-order valence-electron chi connectivity index (χ4n) is 4.06. The Morgan fingerprint density at radius 1 is 1.18 bits per heavy atom. The van der Waals surface area contributed by atoms with E-state index in [1.165, 1.54) is 11.1 Å². The van der Waals surface area contributed by atoms with E-state index in [1.807, 2.05) is 0 Å². The lowest BCUT2D eigenvalue weighted by Crippen LogP contribution is -2.54. The summed E-state index contributed by atoms with van der Waals surface area (Å²) in [7, 11) is 3.30. The number of methoxy groups -OCH3 is 2.